The minimum absolute atomic E-state index is 0.252. The SMILES string of the molecule is COc1ccc(C(=O)N/N=C/c2ccc(SC)cc2)cc1I. The lowest BCUT2D eigenvalue weighted by molar-refractivity contribution is 0.0955. The van der Waals surface area contributed by atoms with Gasteiger partial charge in [0, 0.05) is 10.5 Å². The molecule has 0 aliphatic heterocycles. The molecule has 22 heavy (non-hydrogen) atoms. The summed E-state index contributed by atoms with van der Waals surface area (Å²) in [5.41, 5.74) is 4.00. The molecule has 0 saturated carbocycles. The molecule has 1 N–H and O–H groups in total. The van der Waals surface area contributed by atoms with Gasteiger partial charge >= 0.3 is 0 Å². The van der Waals surface area contributed by atoms with Crippen LogP contribution in [0.25, 0.3) is 0 Å². The van der Waals surface area contributed by atoms with Crippen LogP contribution in [-0.2, 0) is 0 Å². The summed E-state index contributed by atoms with van der Waals surface area (Å²) in [6.07, 6.45) is 3.65. The van der Waals surface area contributed by atoms with E-state index in [9.17, 15) is 4.79 Å². The zero-order chi connectivity index (χ0) is 15.9. The van der Waals surface area contributed by atoms with Crippen LogP contribution >= 0.6 is 34.4 Å². The molecule has 0 heterocycles. The normalized spacial score (nSPS) is 10.7. The van der Waals surface area contributed by atoms with Crippen LogP contribution in [-0.4, -0.2) is 25.5 Å². The summed E-state index contributed by atoms with van der Waals surface area (Å²) in [7, 11) is 1.60. The summed E-state index contributed by atoms with van der Waals surface area (Å²) >= 11 is 3.81. The molecular weight excluding hydrogens is 411 g/mol. The molecule has 1 amide bonds. The Kier molecular flexibility index (Phi) is 6.26. The smallest absolute Gasteiger partial charge is 0.271 e. The van der Waals surface area contributed by atoms with Gasteiger partial charge in [-0.3, -0.25) is 4.79 Å². The van der Waals surface area contributed by atoms with E-state index in [0.29, 0.717) is 5.56 Å². The number of amides is 1. The number of hydrazone groups is 1. The number of rotatable bonds is 5. The van der Waals surface area contributed by atoms with Crippen LogP contribution in [0.15, 0.2) is 52.5 Å². The van der Waals surface area contributed by atoms with E-state index in [-0.39, 0.29) is 5.91 Å². The number of hydrogen-bond acceptors (Lipinski definition) is 4. The summed E-state index contributed by atoms with van der Waals surface area (Å²) in [6.45, 7) is 0. The number of carbonyl (C=O) groups is 1. The standard InChI is InChI=1S/C16H15IN2O2S/c1-21-15-8-5-12(9-14(15)17)16(20)19-18-10-11-3-6-13(22-2)7-4-11/h3-10H,1-2H3,(H,19,20)/b18-10+. The Morgan fingerprint density at radius 3 is 2.59 bits per heavy atom. The Balaban J connectivity index is 1.99. The Morgan fingerprint density at radius 2 is 2.00 bits per heavy atom. The second-order valence-electron chi connectivity index (χ2n) is 4.32. The molecule has 2 aromatic rings. The van der Waals surface area contributed by atoms with Gasteiger partial charge in [0.05, 0.1) is 16.9 Å². The van der Waals surface area contributed by atoms with Crippen LogP contribution in [0.1, 0.15) is 15.9 Å². The predicted octanol–water partition coefficient (Wildman–Crippen LogP) is 3.79. The van der Waals surface area contributed by atoms with E-state index in [1.807, 2.05) is 30.5 Å². The van der Waals surface area contributed by atoms with Crippen LogP contribution in [0.4, 0.5) is 0 Å². The van der Waals surface area contributed by atoms with Crippen LogP contribution < -0.4 is 10.2 Å². The van der Waals surface area contributed by atoms with E-state index in [1.54, 1.807) is 43.3 Å². The highest BCUT2D eigenvalue weighted by Crippen LogP contribution is 2.21. The maximum Gasteiger partial charge on any atom is 0.271 e. The van der Waals surface area contributed by atoms with Crippen molar-refractivity contribution in [2.45, 2.75) is 4.90 Å². The Labute approximate surface area is 147 Å². The first kappa shape index (κ1) is 16.8. The molecule has 2 aromatic carbocycles. The fraction of sp³-hybridized carbons (Fsp3) is 0.125. The van der Waals surface area contributed by atoms with E-state index < -0.39 is 0 Å². The third-order valence-corrected chi connectivity index (χ3v) is 4.50. The number of hydrogen-bond donors (Lipinski definition) is 1. The second kappa shape index (κ2) is 8.19. The van der Waals surface area contributed by atoms with E-state index in [4.69, 9.17) is 4.74 Å². The van der Waals surface area contributed by atoms with Crippen molar-refractivity contribution in [2.75, 3.05) is 13.4 Å². The van der Waals surface area contributed by atoms with Crippen molar-refractivity contribution >= 4 is 46.5 Å². The molecule has 114 valence electrons. The largest absolute Gasteiger partial charge is 0.496 e. The summed E-state index contributed by atoms with van der Waals surface area (Å²) < 4.78 is 6.05. The molecule has 0 bridgehead atoms. The van der Waals surface area contributed by atoms with Crippen LogP contribution in [0.3, 0.4) is 0 Å². The number of benzene rings is 2. The lowest BCUT2D eigenvalue weighted by Gasteiger charge is -2.05. The van der Waals surface area contributed by atoms with Crippen molar-refractivity contribution in [3.63, 3.8) is 0 Å². The molecule has 0 spiro atoms. The van der Waals surface area contributed by atoms with Crippen LogP contribution in [0.2, 0.25) is 0 Å². The number of nitrogens with one attached hydrogen (secondary N) is 1. The summed E-state index contributed by atoms with van der Waals surface area (Å²) in [5, 5.41) is 3.98. The minimum atomic E-state index is -0.252. The molecule has 0 aliphatic rings. The topological polar surface area (TPSA) is 50.7 Å². The van der Waals surface area contributed by atoms with Crippen LogP contribution in [0.5, 0.6) is 5.75 Å². The minimum Gasteiger partial charge on any atom is -0.496 e. The molecular formula is C16H15IN2O2S. The van der Waals surface area contributed by atoms with Crippen molar-refractivity contribution in [3.8, 4) is 5.75 Å². The monoisotopic (exact) mass is 426 g/mol. The van der Waals surface area contributed by atoms with Gasteiger partial charge in [-0.15, -0.1) is 11.8 Å². The van der Waals surface area contributed by atoms with Gasteiger partial charge in [-0.2, -0.15) is 5.10 Å². The van der Waals surface area contributed by atoms with E-state index in [2.05, 4.69) is 33.1 Å². The van der Waals surface area contributed by atoms with Gasteiger partial charge in [0.1, 0.15) is 5.75 Å². The molecule has 0 unspecified atom stereocenters. The number of ether oxygens (including phenoxy) is 1. The third-order valence-electron chi connectivity index (χ3n) is 2.91. The molecule has 0 aromatic heterocycles. The Bertz CT molecular complexity index is 687. The summed E-state index contributed by atoms with van der Waals surface area (Å²) in [4.78, 5) is 13.2. The molecule has 2 rings (SSSR count). The Morgan fingerprint density at radius 1 is 1.27 bits per heavy atom. The maximum atomic E-state index is 12.0. The maximum absolute atomic E-state index is 12.0. The average molecular weight is 426 g/mol. The molecule has 0 saturated heterocycles. The number of methoxy groups -OCH3 is 1. The molecule has 0 atom stereocenters. The van der Waals surface area contributed by atoms with Crippen molar-refractivity contribution < 1.29 is 9.53 Å². The second-order valence-corrected chi connectivity index (χ2v) is 6.36. The van der Waals surface area contributed by atoms with E-state index >= 15 is 0 Å². The summed E-state index contributed by atoms with van der Waals surface area (Å²) in [5.74, 6) is 0.493. The highest BCUT2D eigenvalue weighted by molar-refractivity contribution is 14.1. The fourth-order valence-electron chi connectivity index (χ4n) is 1.73. The summed E-state index contributed by atoms with van der Waals surface area (Å²) in [6, 6.07) is 13.2. The van der Waals surface area contributed by atoms with E-state index in [0.717, 1.165) is 14.9 Å². The lowest BCUT2D eigenvalue weighted by atomic mass is 10.2. The quantitative estimate of drug-likeness (QED) is 0.343. The van der Waals surface area contributed by atoms with Crippen molar-refractivity contribution in [2.24, 2.45) is 5.10 Å². The predicted molar refractivity (Wildman–Crippen MR) is 99.0 cm³/mol. The first-order valence-corrected chi connectivity index (χ1v) is 8.75. The zero-order valence-corrected chi connectivity index (χ0v) is 15.1. The zero-order valence-electron chi connectivity index (χ0n) is 12.2. The number of carbonyl (C=O) groups excluding carboxylic acids is 1. The van der Waals surface area contributed by atoms with Crippen LogP contribution in [0, 0.1) is 3.57 Å². The lowest BCUT2D eigenvalue weighted by Crippen LogP contribution is -2.17. The average Bonchev–Trinajstić information content (AvgIpc) is 2.55. The number of thioether (sulfide) groups is 1. The van der Waals surface area contributed by atoms with Gasteiger partial charge in [0.25, 0.3) is 5.91 Å². The number of halogens is 1. The van der Waals surface area contributed by atoms with Gasteiger partial charge in [-0.05, 0) is 64.7 Å². The van der Waals surface area contributed by atoms with Crippen molar-refractivity contribution in [1.82, 2.24) is 5.43 Å². The van der Waals surface area contributed by atoms with Gasteiger partial charge in [-0.1, -0.05) is 12.1 Å². The molecule has 0 fully saturated rings. The first-order valence-electron chi connectivity index (χ1n) is 6.45. The number of nitrogens with zero attached hydrogens (tertiary/aromatic N) is 1. The van der Waals surface area contributed by atoms with E-state index in [1.165, 1.54) is 4.90 Å². The highest BCUT2D eigenvalue weighted by atomic mass is 127. The molecule has 6 heteroatoms. The van der Waals surface area contributed by atoms with Crippen molar-refractivity contribution in [3.05, 3.63) is 57.2 Å². The van der Waals surface area contributed by atoms with Gasteiger partial charge in [0.2, 0.25) is 0 Å². The van der Waals surface area contributed by atoms with Gasteiger partial charge < -0.3 is 4.74 Å². The fourth-order valence-corrected chi connectivity index (χ4v) is 2.87. The molecule has 0 aliphatic carbocycles. The highest BCUT2D eigenvalue weighted by Gasteiger charge is 2.07. The first-order chi connectivity index (χ1) is 10.6. The molecule has 4 nitrogen and oxygen atoms in total. The third kappa shape index (κ3) is 4.48. The molecule has 0 radical (unpaired) electrons. The van der Waals surface area contributed by atoms with Gasteiger partial charge in [-0.25, -0.2) is 5.43 Å². The van der Waals surface area contributed by atoms with Crippen molar-refractivity contribution in [1.29, 1.82) is 0 Å². The van der Waals surface area contributed by atoms with Gasteiger partial charge in [0.15, 0.2) is 0 Å². The Hall–Kier alpha value is -1.54.